The molecule has 1 N–H and O–H groups in total. The van der Waals surface area contributed by atoms with Gasteiger partial charge in [-0.1, -0.05) is 30.7 Å². The van der Waals surface area contributed by atoms with Gasteiger partial charge in [0.15, 0.2) is 0 Å². The Morgan fingerprint density at radius 3 is 2.37 bits per heavy atom. The van der Waals surface area contributed by atoms with Crippen molar-refractivity contribution in [3.63, 3.8) is 0 Å². The van der Waals surface area contributed by atoms with Crippen LogP contribution in [0, 0.1) is 6.92 Å². The molecule has 8 heteroatoms. The number of rotatable bonds is 6. The fraction of sp³-hybridized carbons (Fsp3) is 0.368. The minimum absolute atomic E-state index is 0.0536. The smallest absolute Gasteiger partial charge is 0.243 e. The third-order valence-corrected chi connectivity index (χ3v) is 7.94. The molecule has 27 heavy (non-hydrogen) atoms. The molecule has 0 bridgehead atoms. The highest BCUT2D eigenvalue weighted by atomic mass is 32.2. The Balaban J connectivity index is 1.84. The van der Waals surface area contributed by atoms with Crippen molar-refractivity contribution >= 4 is 25.7 Å². The minimum atomic E-state index is -3.58. The van der Waals surface area contributed by atoms with Gasteiger partial charge in [0.05, 0.1) is 10.6 Å². The number of sulfonamides is 2. The normalized spacial score (nSPS) is 15.3. The van der Waals surface area contributed by atoms with Crippen LogP contribution in [0.15, 0.2) is 47.4 Å². The molecule has 0 unspecified atom stereocenters. The van der Waals surface area contributed by atoms with E-state index in [-0.39, 0.29) is 17.2 Å². The molecule has 0 spiro atoms. The molecule has 1 aliphatic rings. The number of benzene rings is 2. The van der Waals surface area contributed by atoms with Crippen molar-refractivity contribution in [3.8, 4) is 0 Å². The zero-order valence-corrected chi connectivity index (χ0v) is 17.1. The van der Waals surface area contributed by atoms with Crippen LogP contribution in [-0.2, 0) is 33.0 Å². The van der Waals surface area contributed by atoms with Crippen LogP contribution in [0.5, 0.6) is 0 Å². The summed E-state index contributed by atoms with van der Waals surface area (Å²) >= 11 is 0. The van der Waals surface area contributed by atoms with Gasteiger partial charge < -0.3 is 0 Å². The number of hydrogen-bond donors (Lipinski definition) is 1. The van der Waals surface area contributed by atoms with Gasteiger partial charge in [-0.25, -0.2) is 16.8 Å². The predicted molar refractivity (Wildman–Crippen MR) is 107 cm³/mol. The van der Waals surface area contributed by atoms with Crippen LogP contribution in [0.3, 0.4) is 0 Å². The maximum absolute atomic E-state index is 12.9. The lowest BCUT2D eigenvalue weighted by molar-refractivity contribution is 0.391. The molecule has 0 saturated carbocycles. The Morgan fingerprint density at radius 2 is 1.70 bits per heavy atom. The van der Waals surface area contributed by atoms with Crippen molar-refractivity contribution in [1.29, 1.82) is 0 Å². The highest BCUT2D eigenvalue weighted by Crippen LogP contribution is 2.27. The number of anilines is 1. The van der Waals surface area contributed by atoms with Crippen LogP contribution in [-0.4, -0.2) is 33.4 Å². The Hall–Kier alpha value is -1.90. The molecule has 0 saturated heterocycles. The van der Waals surface area contributed by atoms with Gasteiger partial charge in [-0.05, 0) is 55.2 Å². The lowest BCUT2D eigenvalue weighted by Crippen LogP contribution is -2.36. The first kappa shape index (κ1) is 19.9. The number of nitrogens with one attached hydrogen (secondary N) is 1. The molecule has 146 valence electrons. The van der Waals surface area contributed by atoms with Crippen LogP contribution in [0.4, 0.5) is 5.69 Å². The second kappa shape index (κ2) is 7.61. The third-order valence-electron chi connectivity index (χ3n) is 4.59. The average Bonchev–Trinajstić information content (AvgIpc) is 2.61. The van der Waals surface area contributed by atoms with E-state index in [0.29, 0.717) is 25.1 Å². The SMILES string of the molecule is CCCS(=O)(=O)Nc1ccc2c(c1)CN(S(=O)(=O)c1ccc(C)cc1)CC2. The number of nitrogens with zero attached hydrogens (tertiary/aromatic N) is 1. The van der Waals surface area contributed by atoms with E-state index >= 15 is 0 Å². The zero-order valence-electron chi connectivity index (χ0n) is 15.5. The zero-order chi connectivity index (χ0) is 19.7. The van der Waals surface area contributed by atoms with E-state index < -0.39 is 20.0 Å². The molecule has 0 amide bonds. The fourth-order valence-corrected chi connectivity index (χ4v) is 5.70. The summed E-state index contributed by atoms with van der Waals surface area (Å²) in [4.78, 5) is 0.274. The molecule has 1 heterocycles. The molecular formula is C19H24N2O4S2. The second-order valence-electron chi connectivity index (χ2n) is 6.81. The van der Waals surface area contributed by atoms with Gasteiger partial charge in [0.25, 0.3) is 0 Å². The van der Waals surface area contributed by atoms with Crippen LogP contribution in [0.2, 0.25) is 0 Å². The van der Waals surface area contributed by atoms with Gasteiger partial charge in [0.2, 0.25) is 20.0 Å². The molecule has 2 aromatic carbocycles. The van der Waals surface area contributed by atoms with E-state index in [2.05, 4.69) is 4.72 Å². The minimum Gasteiger partial charge on any atom is -0.284 e. The van der Waals surface area contributed by atoms with Gasteiger partial charge in [0.1, 0.15) is 0 Å². The summed E-state index contributed by atoms with van der Waals surface area (Å²) in [6.45, 7) is 4.35. The van der Waals surface area contributed by atoms with E-state index in [4.69, 9.17) is 0 Å². The molecule has 6 nitrogen and oxygen atoms in total. The van der Waals surface area contributed by atoms with E-state index in [1.54, 1.807) is 43.3 Å². The van der Waals surface area contributed by atoms with Crippen molar-refractivity contribution in [2.24, 2.45) is 0 Å². The number of aryl methyl sites for hydroxylation is 1. The van der Waals surface area contributed by atoms with E-state index in [1.807, 2.05) is 13.0 Å². The van der Waals surface area contributed by atoms with Gasteiger partial charge in [0, 0.05) is 18.8 Å². The van der Waals surface area contributed by atoms with Gasteiger partial charge >= 0.3 is 0 Å². The lowest BCUT2D eigenvalue weighted by Gasteiger charge is -2.28. The summed E-state index contributed by atoms with van der Waals surface area (Å²) in [7, 11) is -6.97. The third kappa shape index (κ3) is 4.51. The molecule has 0 radical (unpaired) electrons. The molecule has 0 aliphatic carbocycles. The predicted octanol–water partition coefficient (Wildman–Crippen LogP) is 2.89. The highest BCUT2D eigenvalue weighted by Gasteiger charge is 2.28. The van der Waals surface area contributed by atoms with Crippen molar-refractivity contribution < 1.29 is 16.8 Å². The van der Waals surface area contributed by atoms with E-state index in [0.717, 1.165) is 16.7 Å². The van der Waals surface area contributed by atoms with Gasteiger partial charge in [-0.2, -0.15) is 4.31 Å². The highest BCUT2D eigenvalue weighted by molar-refractivity contribution is 7.92. The Kier molecular flexibility index (Phi) is 5.60. The Morgan fingerprint density at radius 1 is 1.00 bits per heavy atom. The number of fused-ring (bicyclic) bond motifs is 1. The molecule has 1 aliphatic heterocycles. The summed E-state index contributed by atoms with van der Waals surface area (Å²) in [6, 6.07) is 12.1. The summed E-state index contributed by atoms with van der Waals surface area (Å²) in [6.07, 6.45) is 1.13. The average molecular weight is 409 g/mol. The van der Waals surface area contributed by atoms with E-state index in [9.17, 15) is 16.8 Å². The monoisotopic (exact) mass is 408 g/mol. The summed E-state index contributed by atoms with van der Waals surface area (Å²) in [5.41, 5.74) is 3.34. The standard InChI is InChI=1S/C19H24N2O4S2/c1-3-12-26(22,23)20-18-7-6-16-10-11-21(14-17(16)13-18)27(24,25)19-8-4-15(2)5-9-19/h4-9,13,20H,3,10-12,14H2,1-2H3. The summed E-state index contributed by atoms with van der Waals surface area (Å²) in [5, 5.41) is 0. The molecule has 2 aromatic rings. The molecule has 0 aromatic heterocycles. The Labute approximate surface area is 161 Å². The maximum Gasteiger partial charge on any atom is 0.243 e. The summed E-state index contributed by atoms with van der Waals surface area (Å²) < 4.78 is 53.8. The van der Waals surface area contributed by atoms with Crippen LogP contribution in [0.25, 0.3) is 0 Å². The van der Waals surface area contributed by atoms with Crippen molar-refractivity contribution in [3.05, 3.63) is 59.2 Å². The first-order chi connectivity index (χ1) is 12.7. The molecule has 0 atom stereocenters. The quantitative estimate of drug-likeness (QED) is 0.797. The number of hydrogen-bond acceptors (Lipinski definition) is 4. The molecular weight excluding hydrogens is 384 g/mol. The van der Waals surface area contributed by atoms with Gasteiger partial charge in [-0.3, -0.25) is 4.72 Å². The Bertz CT molecular complexity index is 1030. The van der Waals surface area contributed by atoms with Crippen LogP contribution in [0.1, 0.15) is 30.0 Å². The van der Waals surface area contributed by atoms with Crippen LogP contribution < -0.4 is 4.72 Å². The van der Waals surface area contributed by atoms with Crippen LogP contribution >= 0.6 is 0 Å². The van der Waals surface area contributed by atoms with E-state index in [1.165, 1.54) is 4.31 Å². The molecule has 0 fully saturated rings. The first-order valence-corrected chi connectivity index (χ1v) is 12.0. The van der Waals surface area contributed by atoms with Gasteiger partial charge in [-0.15, -0.1) is 0 Å². The summed E-state index contributed by atoms with van der Waals surface area (Å²) in [5.74, 6) is 0.0536. The fourth-order valence-electron chi connectivity index (χ4n) is 3.16. The molecule has 3 rings (SSSR count). The van der Waals surface area contributed by atoms with Crippen molar-refractivity contribution in [1.82, 2.24) is 4.31 Å². The maximum atomic E-state index is 12.9. The second-order valence-corrected chi connectivity index (χ2v) is 10.6. The lowest BCUT2D eigenvalue weighted by atomic mass is 10.0. The largest absolute Gasteiger partial charge is 0.284 e. The van der Waals surface area contributed by atoms with Crippen molar-refractivity contribution in [2.75, 3.05) is 17.0 Å². The van der Waals surface area contributed by atoms with Crippen molar-refractivity contribution in [2.45, 2.75) is 38.1 Å². The first-order valence-electron chi connectivity index (χ1n) is 8.90. The topological polar surface area (TPSA) is 83.6 Å².